The highest BCUT2D eigenvalue weighted by Gasteiger charge is 2.26. The van der Waals surface area contributed by atoms with Crippen LogP contribution in [0.25, 0.3) is 0 Å². The lowest BCUT2D eigenvalue weighted by Crippen LogP contribution is -2.48. The molecule has 2 atom stereocenters. The van der Waals surface area contributed by atoms with E-state index in [9.17, 15) is 29.1 Å². The van der Waals surface area contributed by atoms with Crippen molar-refractivity contribution >= 4 is 30.3 Å². The first kappa shape index (κ1) is 71.2. The quantitative estimate of drug-likeness (QED) is 0.0260. The zero-order valence-corrected chi connectivity index (χ0v) is 50.0. The van der Waals surface area contributed by atoms with Crippen molar-refractivity contribution in [3.8, 4) is 0 Å². The zero-order valence-electron chi connectivity index (χ0n) is 50.0. The Bertz CT molecular complexity index is 1490. The summed E-state index contributed by atoms with van der Waals surface area (Å²) in [5, 5.41) is 19.0. The predicted molar refractivity (Wildman–Crippen MR) is 306 cm³/mol. The molecule has 0 radical (unpaired) electrons. The molecule has 75 heavy (non-hydrogen) atoms. The van der Waals surface area contributed by atoms with Crippen LogP contribution in [0.3, 0.4) is 0 Å². The van der Waals surface area contributed by atoms with E-state index in [1.807, 2.05) is 47.6 Å². The maximum atomic E-state index is 13.4. The Morgan fingerprint density at radius 1 is 0.467 bits per heavy atom. The average molecular weight is 1070 g/mol. The SMILES string of the molecule is CCCCCCCCCCCCC/C=C/[C@@H](OC(=O)NCCCN(CCCCN(CCCNC(=O)OC(C)(C)C)C(=O)OC(C)(C)C)C(=O)OC(C)(C)C)[C@H](CO)NC(=O)CCCCCCCCCCCCCCC. The first-order valence-corrected chi connectivity index (χ1v) is 30.0. The van der Waals surface area contributed by atoms with Gasteiger partial charge in [0.25, 0.3) is 0 Å². The molecule has 0 heterocycles. The van der Waals surface area contributed by atoms with E-state index < -0.39 is 59.9 Å². The van der Waals surface area contributed by atoms with Crippen LogP contribution in [0.5, 0.6) is 0 Å². The van der Waals surface area contributed by atoms with Crippen molar-refractivity contribution in [2.45, 2.75) is 298 Å². The molecule has 5 amide bonds. The summed E-state index contributed by atoms with van der Waals surface area (Å²) in [6.07, 6.45) is 33.5. The minimum absolute atomic E-state index is 0.169. The highest BCUT2D eigenvalue weighted by Crippen LogP contribution is 2.17. The molecule has 0 unspecified atom stereocenters. The molecule has 0 rings (SSSR count). The molecule has 15 heteroatoms. The van der Waals surface area contributed by atoms with Crippen LogP contribution >= 0.6 is 0 Å². The summed E-state index contributed by atoms with van der Waals surface area (Å²) >= 11 is 0. The normalized spacial score (nSPS) is 12.7. The van der Waals surface area contributed by atoms with Gasteiger partial charge in [0.2, 0.25) is 5.91 Å². The van der Waals surface area contributed by atoms with E-state index >= 15 is 0 Å². The van der Waals surface area contributed by atoms with Crippen molar-refractivity contribution in [3.05, 3.63) is 12.2 Å². The number of amides is 5. The van der Waals surface area contributed by atoms with E-state index in [0.717, 1.165) is 38.5 Å². The van der Waals surface area contributed by atoms with E-state index in [1.165, 1.54) is 122 Å². The minimum atomic E-state index is -0.877. The number of aliphatic hydroxyl groups excluding tert-OH is 1. The van der Waals surface area contributed by atoms with Gasteiger partial charge >= 0.3 is 24.4 Å². The number of rotatable bonds is 44. The average Bonchev–Trinajstić information content (AvgIpc) is 3.31. The van der Waals surface area contributed by atoms with Gasteiger partial charge in [-0.3, -0.25) is 4.79 Å². The first-order chi connectivity index (χ1) is 35.6. The van der Waals surface area contributed by atoms with Crippen LogP contribution in [0.15, 0.2) is 12.2 Å². The molecule has 0 saturated carbocycles. The molecular weight excluding hydrogens is 951 g/mol. The Hall–Kier alpha value is -3.75. The number of carbonyl (C=O) groups is 5. The Morgan fingerprint density at radius 2 is 0.827 bits per heavy atom. The maximum absolute atomic E-state index is 13.4. The van der Waals surface area contributed by atoms with Crippen LogP contribution in [0.2, 0.25) is 0 Å². The monoisotopic (exact) mass is 1070 g/mol. The molecule has 0 saturated heterocycles. The van der Waals surface area contributed by atoms with Crippen LogP contribution in [-0.4, -0.2) is 120 Å². The van der Waals surface area contributed by atoms with Gasteiger partial charge < -0.3 is 49.8 Å². The van der Waals surface area contributed by atoms with Gasteiger partial charge in [0.05, 0.1) is 12.6 Å². The molecule has 0 aromatic heterocycles. The van der Waals surface area contributed by atoms with Crippen LogP contribution in [0.1, 0.15) is 269 Å². The lowest BCUT2D eigenvalue weighted by atomic mass is 10.0. The van der Waals surface area contributed by atoms with Gasteiger partial charge in [-0.15, -0.1) is 0 Å². The van der Waals surface area contributed by atoms with Crippen molar-refractivity contribution in [1.29, 1.82) is 0 Å². The number of allylic oxidation sites excluding steroid dienone is 1. The van der Waals surface area contributed by atoms with Gasteiger partial charge in [-0.25, -0.2) is 19.2 Å². The number of nitrogens with zero attached hydrogens (tertiary/aromatic N) is 2. The molecule has 0 aromatic rings. The molecule has 15 nitrogen and oxygen atoms in total. The highest BCUT2D eigenvalue weighted by molar-refractivity contribution is 5.76. The number of hydrogen-bond acceptors (Lipinski definition) is 10. The number of alkyl carbamates (subject to hydrolysis) is 2. The van der Waals surface area contributed by atoms with E-state index in [-0.39, 0.29) is 19.0 Å². The summed E-state index contributed by atoms with van der Waals surface area (Å²) in [6, 6.07) is -0.804. The smallest absolute Gasteiger partial charge is 0.410 e. The van der Waals surface area contributed by atoms with Gasteiger partial charge in [0.1, 0.15) is 22.9 Å². The Morgan fingerprint density at radius 3 is 1.21 bits per heavy atom. The first-order valence-electron chi connectivity index (χ1n) is 30.0. The summed E-state index contributed by atoms with van der Waals surface area (Å²) in [7, 11) is 0. The van der Waals surface area contributed by atoms with Crippen molar-refractivity contribution in [3.63, 3.8) is 0 Å². The number of hydrogen-bond donors (Lipinski definition) is 4. The summed E-state index contributed by atoms with van der Waals surface area (Å²) in [5.41, 5.74) is -2.03. The standard InChI is InChI=1S/C60H115N5O10/c1-12-14-16-18-20-22-24-26-28-30-32-34-36-42-52(51(50-66)63-53(67)43-37-35-33-31-29-27-25-23-21-19-17-15-13-2)72-54(68)61-44-40-48-64(56(70)74-59(6,7)8)46-38-39-47-65(57(71)75-60(9,10)11)49-41-45-62-55(69)73-58(3,4)5/h36,42,51-52,66H,12-35,37-41,43-50H2,1-11H3,(H,61,68)(H,62,69)(H,63,67)/b42-36+/t51-,52+/m0/s1. The van der Waals surface area contributed by atoms with E-state index in [0.29, 0.717) is 58.3 Å². The molecule has 0 aromatic carbocycles. The molecule has 0 aliphatic heterocycles. The third-order valence-corrected chi connectivity index (χ3v) is 12.5. The van der Waals surface area contributed by atoms with Gasteiger partial charge in [0.15, 0.2) is 0 Å². The van der Waals surface area contributed by atoms with Crippen molar-refractivity contribution < 1.29 is 48.0 Å². The van der Waals surface area contributed by atoms with Crippen molar-refractivity contribution in [2.75, 3.05) is 45.9 Å². The molecule has 4 N–H and O–H groups in total. The predicted octanol–water partition coefficient (Wildman–Crippen LogP) is 14.9. The zero-order chi connectivity index (χ0) is 56.2. The summed E-state index contributed by atoms with van der Waals surface area (Å²) in [5.74, 6) is -0.169. The molecule has 0 aliphatic rings. The second kappa shape index (κ2) is 44.3. The molecule has 0 bridgehead atoms. The van der Waals surface area contributed by atoms with Crippen LogP contribution in [0.4, 0.5) is 19.2 Å². The third-order valence-electron chi connectivity index (χ3n) is 12.5. The Labute approximate surface area is 458 Å². The highest BCUT2D eigenvalue weighted by atomic mass is 16.6. The van der Waals surface area contributed by atoms with E-state index in [4.69, 9.17) is 18.9 Å². The molecule has 440 valence electrons. The number of ether oxygens (including phenoxy) is 4. The second-order valence-electron chi connectivity index (χ2n) is 23.7. The topological polar surface area (TPSA) is 185 Å². The maximum Gasteiger partial charge on any atom is 0.410 e. The summed E-state index contributed by atoms with van der Waals surface area (Å²) in [4.78, 5) is 68.4. The molecule has 0 fully saturated rings. The fraction of sp³-hybridized carbons (Fsp3) is 0.883. The van der Waals surface area contributed by atoms with Crippen molar-refractivity contribution in [2.24, 2.45) is 0 Å². The van der Waals surface area contributed by atoms with Gasteiger partial charge in [0, 0.05) is 45.7 Å². The molecule has 0 aliphatic carbocycles. The fourth-order valence-electron chi connectivity index (χ4n) is 8.47. The van der Waals surface area contributed by atoms with Crippen LogP contribution < -0.4 is 16.0 Å². The largest absolute Gasteiger partial charge is 0.444 e. The van der Waals surface area contributed by atoms with Crippen LogP contribution in [0, 0.1) is 0 Å². The van der Waals surface area contributed by atoms with E-state index in [1.54, 1.807) is 36.6 Å². The van der Waals surface area contributed by atoms with Gasteiger partial charge in [-0.05, 0) is 113 Å². The third kappa shape index (κ3) is 46.1. The Kier molecular flexibility index (Phi) is 42.0. The van der Waals surface area contributed by atoms with Crippen LogP contribution in [-0.2, 0) is 23.7 Å². The summed E-state index contributed by atoms with van der Waals surface area (Å²) < 4.78 is 22.6. The number of carbonyl (C=O) groups excluding carboxylic acids is 5. The number of aliphatic hydroxyl groups is 1. The molecular formula is C60H115N5O10. The number of unbranched alkanes of at least 4 members (excludes halogenated alkanes) is 24. The van der Waals surface area contributed by atoms with Gasteiger partial charge in [-0.2, -0.15) is 0 Å². The minimum Gasteiger partial charge on any atom is -0.444 e. The molecule has 0 spiro atoms. The second-order valence-corrected chi connectivity index (χ2v) is 23.7. The van der Waals surface area contributed by atoms with E-state index in [2.05, 4.69) is 29.8 Å². The van der Waals surface area contributed by atoms with Gasteiger partial charge in [-0.1, -0.05) is 161 Å². The lowest BCUT2D eigenvalue weighted by molar-refractivity contribution is -0.123. The summed E-state index contributed by atoms with van der Waals surface area (Å²) in [6.45, 7) is 22.2. The lowest BCUT2D eigenvalue weighted by Gasteiger charge is -2.29. The Balaban J connectivity index is 5.45. The van der Waals surface area contributed by atoms with Crippen molar-refractivity contribution in [1.82, 2.24) is 25.8 Å². The number of nitrogens with one attached hydrogen (secondary N) is 3. The fourth-order valence-corrected chi connectivity index (χ4v) is 8.47.